The van der Waals surface area contributed by atoms with Crippen molar-refractivity contribution in [1.82, 2.24) is 9.88 Å². The number of benzene rings is 3. The van der Waals surface area contributed by atoms with Crippen molar-refractivity contribution in [2.45, 2.75) is 6.42 Å². The molecule has 1 aromatic heterocycles. The Morgan fingerprint density at radius 1 is 0.970 bits per heavy atom. The quantitative estimate of drug-likeness (QED) is 0.406. The molecule has 1 heterocycles. The van der Waals surface area contributed by atoms with Crippen molar-refractivity contribution in [3.63, 3.8) is 0 Å². The predicted octanol–water partition coefficient (Wildman–Crippen LogP) is 4.08. The highest BCUT2D eigenvalue weighted by Crippen LogP contribution is 2.26. The van der Waals surface area contributed by atoms with Gasteiger partial charge in [-0.1, -0.05) is 18.2 Å². The van der Waals surface area contributed by atoms with E-state index in [4.69, 9.17) is 9.47 Å². The fourth-order valence-electron chi connectivity index (χ4n) is 3.64. The molecule has 4 rings (SSSR count). The number of amides is 1. The van der Waals surface area contributed by atoms with Gasteiger partial charge >= 0.3 is 5.97 Å². The zero-order valence-electron chi connectivity index (χ0n) is 18.2. The Morgan fingerprint density at radius 3 is 2.39 bits per heavy atom. The Hall–Kier alpha value is -4.26. The molecule has 0 aliphatic carbocycles. The van der Waals surface area contributed by atoms with E-state index in [1.807, 2.05) is 47.2 Å². The average Bonchev–Trinajstić information content (AvgIpc) is 3.21. The van der Waals surface area contributed by atoms with Crippen molar-refractivity contribution in [2.24, 2.45) is 0 Å². The summed E-state index contributed by atoms with van der Waals surface area (Å²) < 4.78 is 12.6. The molecule has 0 saturated carbocycles. The molecule has 168 valence electrons. The molecule has 4 aromatic rings. The number of para-hydroxylation sites is 1. The molecule has 3 aromatic carbocycles. The van der Waals surface area contributed by atoms with Crippen LogP contribution in [0.3, 0.4) is 0 Å². The van der Waals surface area contributed by atoms with Crippen LogP contribution in [0.15, 0.2) is 79.0 Å². The lowest BCUT2D eigenvalue weighted by Gasteiger charge is -2.08. The Morgan fingerprint density at radius 2 is 1.70 bits per heavy atom. The molecular formula is C26H24N2O5. The van der Waals surface area contributed by atoms with E-state index in [0.717, 1.165) is 22.2 Å². The summed E-state index contributed by atoms with van der Waals surface area (Å²) in [5.74, 6) is 0.0914. The number of rotatable bonds is 9. The van der Waals surface area contributed by atoms with E-state index >= 15 is 0 Å². The van der Waals surface area contributed by atoms with E-state index in [-0.39, 0.29) is 18.1 Å². The number of carboxylic acid groups (broad SMARTS) is 1. The summed E-state index contributed by atoms with van der Waals surface area (Å²) in [6.45, 7) is 0.303. The molecule has 0 spiro atoms. The van der Waals surface area contributed by atoms with E-state index in [0.29, 0.717) is 24.5 Å². The van der Waals surface area contributed by atoms with E-state index < -0.39 is 5.97 Å². The van der Waals surface area contributed by atoms with Gasteiger partial charge in [0.25, 0.3) is 5.91 Å². The smallest absolute Gasteiger partial charge is 0.335 e. The lowest BCUT2D eigenvalue weighted by molar-refractivity contribution is -0.123. The Bertz CT molecular complexity index is 1260. The summed E-state index contributed by atoms with van der Waals surface area (Å²) in [7, 11) is 1.59. The predicted molar refractivity (Wildman–Crippen MR) is 125 cm³/mol. The van der Waals surface area contributed by atoms with Crippen molar-refractivity contribution in [3.8, 4) is 17.2 Å². The topological polar surface area (TPSA) is 89.8 Å². The Labute approximate surface area is 191 Å². The van der Waals surface area contributed by atoms with Crippen molar-refractivity contribution < 1.29 is 24.2 Å². The van der Waals surface area contributed by atoms with Gasteiger partial charge in [-0.2, -0.15) is 0 Å². The highest BCUT2D eigenvalue weighted by atomic mass is 16.5. The van der Waals surface area contributed by atoms with E-state index in [9.17, 15) is 14.7 Å². The maximum absolute atomic E-state index is 12.2. The van der Waals surface area contributed by atoms with Crippen LogP contribution in [0.5, 0.6) is 11.5 Å². The summed E-state index contributed by atoms with van der Waals surface area (Å²) >= 11 is 0. The zero-order chi connectivity index (χ0) is 23.2. The molecule has 0 aliphatic rings. The largest absolute Gasteiger partial charge is 0.497 e. The first-order valence-electron chi connectivity index (χ1n) is 10.5. The molecule has 0 bridgehead atoms. The summed E-state index contributed by atoms with van der Waals surface area (Å²) in [6, 6.07) is 22.0. The number of fused-ring (bicyclic) bond motifs is 1. The molecule has 2 N–H and O–H groups in total. The highest BCUT2D eigenvalue weighted by molar-refractivity contribution is 5.95. The van der Waals surface area contributed by atoms with Crippen LogP contribution in [-0.2, 0) is 11.2 Å². The van der Waals surface area contributed by atoms with Crippen molar-refractivity contribution in [1.29, 1.82) is 0 Å². The zero-order valence-corrected chi connectivity index (χ0v) is 18.2. The fourth-order valence-corrected chi connectivity index (χ4v) is 3.64. The minimum Gasteiger partial charge on any atom is -0.497 e. The Kier molecular flexibility index (Phi) is 6.59. The summed E-state index contributed by atoms with van der Waals surface area (Å²) in [4.78, 5) is 23.7. The van der Waals surface area contributed by atoms with Crippen LogP contribution >= 0.6 is 0 Å². The number of hydrogen-bond donors (Lipinski definition) is 2. The SMILES string of the molecule is COc1ccc(OCC(=O)NCCc2cn(-c3ccccc3)c3ccc(C(=O)O)cc23)cc1. The molecule has 0 unspecified atom stereocenters. The molecule has 0 radical (unpaired) electrons. The van der Waals surface area contributed by atoms with Gasteiger partial charge in [0.1, 0.15) is 11.5 Å². The third kappa shape index (κ3) is 5.15. The fraction of sp³-hybridized carbons (Fsp3) is 0.154. The number of aromatic carboxylic acids is 1. The minimum atomic E-state index is -0.973. The molecule has 1 amide bonds. The second-order valence-corrected chi connectivity index (χ2v) is 7.46. The first kappa shape index (κ1) is 22.0. The standard InChI is InChI=1S/C26H24N2O5/c1-32-21-8-10-22(11-9-21)33-17-25(29)27-14-13-19-16-28(20-5-3-2-4-6-20)24-12-7-18(26(30)31)15-23(19)24/h2-12,15-16H,13-14,17H2,1H3,(H,27,29)(H,30,31). The second kappa shape index (κ2) is 9.91. The van der Waals surface area contributed by atoms with Crippen LogP contribution in [0.1, 0.15) is 15.9 Å². The minimum absolute atomic E-state index is 0.0960. The molecule has 0 saturated heterocycles. The van der Waals surface area contributed by atoms with Gasteiger partial charge in [-0.05, 0) is 66.6 Å². The normalized spacial score (nSPS) is 10.7. The van der Waals surface area contributed by atoms with Gasteiger partial charge in [0, 0.05) is 23.8 Å². The number of hydrogen-bond acceptors (Lipinski definition) is 4. The first-order valence-corrected chi connectivity index (χ1v) is 10.5. The number of carboxylic acids is 1. The van der Waals surface area contributed by atoms with E-state index in [2.05, 4.69) is 5.32 Å². The second-order valence-electron chi connectivity index (χ2n) is 7.46. The number of carbonyl (C=O) groups excluding carboxylic acids is 1. The maximum Gasteiger partial charge on any atom is 0.335 e. The lowest BCUT2D eigenvalue weighted by Crippen LogP contribution is -2.30. The van der Waals surface area contributed by atoms with Gasteiger partial charge in [-0.15, -0.1) is 0 Å². The third-order valence-corrected chi connectivity index (χ3v) is 5.31. The highest BCUT2D eigenvalue weighted by Gasteiger charge is 2.13. The molecule has 33 heavy (non-hydrogen) atoms. The van der Waals surface area contributed by atoms with Gasteiger partial charge in [0.2, 0.25) is 0 Å². The Balaban J connectivity index is 1.44. The van der Waals surface area contributed by atoms with E-state index in [1.165, 1.54) is 0 Å². The number of ether oxygens (including phenoxy) is 2. The number of nitrogens with one attached hydrogen (secondary N) is 1. The third-order valence-electron chi connectivity index (χ3n) is 5.31. The molecule has 0 aliphatic heterocycles. The molecule has 7 heteroatoms. The van der Waals surface area contributed by atoms with Crippen LogP contribution in [0, 0.1) is 0 Å². The number of carbonyl (C=O) groups is 2. The van der Waals surface area contributed by atoms with Crippen LogP contribution in [0.2, 0.25) is 0 Å². The molecule has 0 fully saturated rings. The molecular weight excluding hydrogens is 420 g/mol. The van der Waals surface area contributed by atoms with Crippen molar-refractivity contribution in [2.75, 3.05) is 20.3 Å². The number of nitrogens with zero attached hydrogens (tertiary/aromatic N) is 1. The van der Waals surface area contributed by atoms with Gasteiger partial charge in [0.05, 0.1) is 18.2 Å². The van der Waals surface area contributed by atoms with Gasteiger partial charge in [-0.3, -0.25) is 4.79 Å². The summed E-state index contributed by atoms with van der Waals surface area (Å²) in [6.07, 6.45) is 2.54. The first-order chi connectivity index (χ1) is 16.0. The van der Waals surface area contributed by atoms with Crippen molar-refractivity contribution >= 4 is 22.8 Å². The summed E-state index contributed by atoms with van der Waals surface area (Å²) in [5, 5.41) is 13.1. The van der Waals surface area contributed by atoms with Crippen molar-refractivity contribution in [3.05, 3.63) is 90.1 Å². The van der Waals surface area contributed by atoms with Crippen LogP contribution < -0.4 is 14.8 Å². The lowest BCUT2D eigenvalue weighted by atomic mass is 10.1. The van der Waals surface area contributed by atoms with Crippen LogP contribution in [-0.4, -0.2) is 41.8 Å². The molecule has 0 atom stereocenters. The van der Waals surface area contributed by atoms with Crippen LogP contribution in [0.25, 0.3) is 16.6 Å². The number of methoxy groups -OCH3 is 1. The maximum atomic E-state index is 12.2. The molecule has 7 nitrogen and oxygen atoms in total. The average molecular weight is 444 g/mol. The number of aromatic nitrogens is 1. The van der Waals surface area contributed by atoms with Gasteiger partial charge < -0.3 is 24.5 Å². The van der Waals surface area contributed by atoms with Gasteiger partial charge in [0.15, 0.2) is 6.61 Å². The summed E-state index contributed by atoms with van der Waals surface area (Å²) in [5.41, 5.74) is 3.07. The monoisotopic (exact) mass is 444 g/mol. The van der Waals surface area contributed by atoms with Crippen LogP contribution in [0.4, 0.5) is 0 Å². The van der Waals surface area contributed by atoms with E-state index in [1.54, 1.807) is 43.5 Å². The van der Waals surface area contributed by atoms with Gasteiger partial charge in [-0.25, -0.2) is 4.79 Å².